The van der Waals surface area contributed by atoms with Crippen molar-refractivity contribution in [1.82, 2.24) is 4.90 Å². The summed E-state index contributed by atoms with van der Waals surface area (Å²) in [5, 5.41) is 3.06. The zero-order valence-electron chi connectivity index (χ0n) is 13.5. The first-order chi connectivity index (χ1) is 10.6. The van der Waals surface area contributed by atoms with E-state index >= 15 is 0 Å². The zero-order valence-corrected chi connectivity index (χ0v) is 14.4. The summed E-state index contributed by atoms with van der Waals surface area (Å²) in [5.74, 6) is 2.26. The molecule has 2 rings (SSSR count). The summed E-state index contributed by atoms with van der Waals surface area (Å²) in [7, 11) is 0. The number of nitrogens with one attached hydrogen (secondary N) is 1. The van der Waals surface area contributed by atoms with Crippen LogP contribution >= 0.6 is 11.8 Å². The van der Waals surface area contributed by atoms with Gasteiger partial charge < -0.3 is 5.32 Å². The van der Waals surface area contributed by atoms with Gasteiger partial charge in [0.05, 0.1) is 12.2 Å². The van der Waals surface area contributed by atoms with Gasteiger partial charge in [-0.15, -0.1) is 18.3 Å². The number of thioether (sulfide) groups is 1. The Balaban J connectivity index is 1.93. The number of likely N-dealkylation sites (tertiary alicyclic amines) is 1. The van der Waals surface area contributed by atoms with Gasteiger partial charge in [-0.1, -0.05) is 32.1 Å². The third kappa shape index (κ3) is 5.18. The van der Waals surface area contributed by atoms with E-state index in [0.717, 1.165) is 29.4 Å². The second kappa shape index (κ2) is 8.39. The molecule has 120 valence electrons. The monoisotopic (exact) mass is 318 g/mol. The van der Waals surface area contributed by atoms with E-state index in [0.29, 0.717) is 18.4 Å². The summed E-state index contributed by atoms with van der Waals surface area (Å²) < 4.78 is 0. The van der Waals surface area contributed by atoms with E-state index in [9.17, 15) is 4.79 Å². The van der Waals surface area contributed by atoms with Crippen LogP contribution in [0.15, 0.2) is 41.8 Å². The Hall–Kier alpha value is -1.26. The molecule has 1 aromatic carbocycles. The largest absolute Gasteiger partial charge is 0.324 e. The van der Waals surface area contributed by atoms with Crippen molar-refractivity contribution >= 4 is 23.4 Å². The van der Waals surface area contributed by atoms with E-state index in [-0.39, 0.29) is 5.91 Å². The highest BCUT2D eigenvalue weighted by Gasteiger charge is 2.23. The predicted molar refractivity (Wildman–Crippen MR) is 95.4 cm³/mol. The smallest absolute Gasteiger partial charge is 0.238 e. The Bertz CT molecular complexity index is 508. The molecule has 1 aliphatic heterocycles. The van der Waals surface area contributed by atoms with Crippen LogP contribution in [0.3, 0.4) is 0 Å². The number of para-hydroxylation sites is 1. The fourth-order valence-electron chi connectivity index (χ4n) is 3.16. The Kier molecular flexibility index (Phi) is 6.52. The molecule has 0 radical (unpaired) electrons. The van der Waals surface area contributed by atoms with Gasteiger partial charge in [-0.05, 0) is 30.4 Å². The molecule has 1 fully saturated rings. The van der Waals surface area contributed by atoms with Crippen molar-refractivity contribution in [1.29, 1.82) is 0 Å². The standard InChI is InChI=1S/C18H26N2OS/c1-4-9-22-17-8-6-5-7-16(17)19-18(21)13-20-11-14(2)10-15(3)12-20/h4-8,14-15H,1,9-13H2,2-3H3,(H,19,21). The first-order valence-electron chi connectivity index (χ1n) is 7.93. The van der Waals surface area contributed by atoms with Crippen molar-refractivity contribution in [3.05, 3.63) is 36.9 Å². The Labute approximate surface area is 138 Å². The molecule has 2 atom stereocenters. The van der Waals surface area contributed by atoms with Crippen LogP contribution in [0.1, 0.15) is 20.3 Å². The molecule has 1 saturated heterocycles. The number of nitrogens with zero attached hydrogens (tertiary/aromatic N) is 1. The lowest BCUT2D eigenvalue weighted by atomic mass is 9.92. The lowest BCUT2D eigenvalue weighted by Gasteiger charge is -2.34. The molecule has 22 heavy (non-hydrogen) atoms. The topological polar surface area (TPSA) is 32.3 Å². The molecule has 0 aliphatic carbocycles. The highest BCUT2D eigenvalue weighted by Crippen LogP contribution is 2.27. The third-order valence-electron chi connectivity index (χ3n) is 3.83. The van der Waals surface area contributed by atoms with Gasteiger partial charge in [0.15, 0.2) is 0 Å². The number of anilines is 1. The first-order valence-corrected chi connectivity index (χ1v) is 8.92. The second-order valence-corrected chi connectivity index (χ2v) is 7.35. The number of hydrogen-bond acceptors (Lipinski definition) is 3. The zero-order chi connectivity index (χ0) is 15.9. The van der Waals surface area contributed by atoms with E-state index in [1.807, 2.05) is 30.3 Å². The van der Waals surface area contributed by atoms with Crippen molar-refractivity contribution in [3.63, 3.8) is 0 Å². The normalized spacial score (nSPS) is 22.3. The SMILES string of the molecule is C=CCSc1ccccc1NC(=O)CN1CC(C)CC(C)C1. The Morgan fingerprint density at radius 2 is 2.05 bits per heavy atom. The molecular weight excluding hydrogens is 292 g/mol. The van der Waals surface area contributed by atoms with E-state index in [2.05, 4.69) is 30.6 Å². The number of carbonyl (C=O) groups is 1. The quantitative estimate of drug-likeness (QED) is 0.638. The van der Waals surface area contributed by atoms with Crippen molar-refractivity contribution in [3.8, 4) is 0 Å². The molecule has 1 aliphatic rings. The molecule has 2 unspecified atom stereocenters. The van der Waals surface area contributed by atoms with Crippen LogP contribution in [0.5, 0.6) is 0 Å². The number of amides is 1. The molecule has 0 saturated carbocycles. The number of hydrogen-bond donors (Lipinski definition) is 1. The van der Waals surface area contributed by atoms with Crippen molar-refractivity contribution in [2.75, 3.05) is 30.7 Å². The minimum absolute atomic E-state index is 0.0768. The molecular formula is C18H26N2OS. The molecule has 0 spiro atoms. The minimum Gasteiger partial charge on any atom is -0.324 e. The minimum atomic E-state index is 0.0768. The number of rotatable bonds is 6. The fraction of sp³-hybridized carbons (Fsp3) is 0.500. The number of benzene rings is 1. The maximum absolute atomic E-state index is 12.3. The van der Waals surface area contributed by atoms with Crippen LogP contribution in [0, 0.1) is 11.8 Å². The number of piperidine rings is 1. The van der Waals surface area contributed by atoms with Gasteiger partial charge in [-0.25, -0.2) is 0 Å². The Morgan fingerprint density at radius 3 is 2.73 bits per heavy atom. The van der Waals surface area contributed by atoms with Gasteiger partial charge in [-0.2, -0.15) is 0 Å². The van der Waals surface area contributed by atoms with Gasteiger partial charge in [0.2, 0.25) is 5.91 Å². The predicted octanol–water partition coefficient (Wildman–Crippen LogP) is 3.88. The van der Waals surface area contributed by atoms with Gasteiger partial charge in [0.1, 0.15) is 0 Å². The van der Waals surface area contributed by atoms with Gasteiger partial charge in [0, 0.05) is 23.7 Å². The highest BCUT2D eigenvalue weighted by molar-refractivity contribution is 7.99. The second-order valence-electron chi connectivity index (χ2n) is 6.28. The van der Waals surface area contributed by atoms with Crippen molar-refractivity contribution in [2.45, 2.75) is 25.2 Å². The van der Waals surface area contributed by atoms with Gasteiger partial charge in [-0.3, -0.25) is 9.69 Å². The van der Waals surface area contributed by atoms with Crippen LogP contribution in [0.2, 0.25) is 0 Å². The number of carbonyl (C=O) groups excluding carboxylic acids is 1. The van der Waals surface area contributed by atoms with Crippen LogP contribution in [0.25, 0.3) is 0 Å². The molecule has 1 amide bonds. The summed E-state index contributed by atoms with van der Waals surface area (Å²) in [6.07, 6.45) is 3.14. The molecule has 1 heterocycles. The maximum Gasteiger partial charge on any atom is 0.238 e. The highest BCUT2D eigenvalue weighted by atomic mass is 32.2. The lowest BCUT2D eigenvalue weighted by molar-refractivity contribution is -0.117. The molecule has 1 aromatic rings. The summed E-state index contributed by atoms with van der Waals surface area (Å²) in [5.41, 5.74) is 0.900. The average Bonchev–Trinajstić information content (AvgIpc) is 2.45. The maximum atomic E-state index is 12.3. The molecule has 1 N–H and O–H groups in total. The lowest BCUT2D eigenvalue weighted by Crippen LogP contribution is -2.42. The first kappa shape index (κ1) is 17.1. The van der Waals surface area contributed by atoms with E-state index in [4.69, 9.17) is 0 Å². The molecule has 4 heteroatoms. The third-order valence-corrected chi connectivity index (χ3v) is 4.90. The van der Waals surface area contributed by atoms with Crippen molar-refractivity contribution in [2.24, 2.45) is 11.8 Å². The van der Waals surface area contributed by atoms with Gasteiger partial charge >= 0.3 is 0 Å². The van der Waals surface area contributed by atoms with E-state index in [1.165, 1.54) is 6.42 Å². The molecule has 3 nitrogen and oxygen atoms in total. The summed E-state index contributed by atoms with van der Waals surface area (Å²) in [6.45, 7) is 10.8. The summed E-state index contributed by atoms with van der Waals surface area (Å²) in [4.78, 5) is 15.7. The van der Waals surface area contributed by atoms with Crippen LogP contribution in [-0.2, 0) is 4.79 Å². The molecule has 0 bridgehead atoms. The van der Waals surface area contributed by atoms with Crippen molar-refractivity contribution < 1.29 is 4.79 Å². The molecule has 0 aromatic heterocycles. The summed E-state index contributed by atoms with van der Waals surface area (Å²) >= 11 is 1.69. The van der Waals surface area contributed by atoms with Crippen LogP contribution in [0.4, 0.5) is 5.69 Å². The fourth-order valence-corrected chi connectivity index (χ4v) is 3.91. The average molecular weight is 318 g/mol. The van der Waals surface area contributed by atoms with Crippen LogP contribution < -0.4 is 5.32 Å². The van der Waals surface area contributed by atoms with Gasteiger partial charge in [0.25, 0.3) is 0 Å². The van der Waals surface area contributed by atoms with E-state index < -0.39 is 0 Å². The van der Waals surface area contributed by atoms with E-state index in [1.54, 1.807) is 11.8 Å². The Morgan fingerprint density at radius 1 is 1.36 bits per heavy atom. The van der Waals surface area contributed by atoms with Crippen LogP contribution in [-0.4, -0.2) is 36.2 Å². The summed E-state index contributed by atoms with van der Waals surface area (Å²) in [6, 6.07) is 7.95.